The van der Waals surface area contributed by atoms with Crippen LogP contribution in [0.25, 0.3) is 0 Å². The highest BCUT2D eigenvalue weighted by Crippen LogP contribution is 2.05. The molecule has 0 rings (SSSR count). The van der Waals surface area contributed by atoms with Crippen LogP contribution in [0.2, 0.25) is 19.6 Å². The van der Waals surface area contributed by atoms with Gasteiger partial charge in [0.25, 0.3) is 0 Å². The Bertz CT molecular complexity index is 172. The van der Waals surface area contributed by atoms with Crippen molar-refractivity contribution in [1.82, 2.24) is 0 Å². The summed E-state index contributed by atoms with van der Waals surface area (Å²) in [7, 11) is -1.31. The zero-order valence-corrected chi connectivity index (χ0v) is 8.86. The Labute approximate surface area is 73.2 Å². The topological polar surface area (TPSA) is 26.3 Å². The van der Waals surface area contributed by atoms with Gasteiger partial charge in [-0.05, 0) is 0 Å². The van der Waals surface area contributed by atoms with E-state index in [1.165, 1.54) is 0 Å². The number of ether oxygens (including phenoxy) is 1. The number of esters is 1. The largest absolute Gasteiger partial charge is 0.465 e. The van der Waals surface area contributed by atoms with Gasteiger partial charge in [0, 0.05) is 0 Å². The summed E-state index contributed by atoms with van der Waals surface area (Å²) >= 11 is 5.30. The van der Waals surface area contributed by atoms with Crippen LogP contribution in [0.1, 0.15) is 0 Å². The molecular formula is C7H13ClO2Si. The summed E-state index contributed by atoms with van der Waals surface area (Å²) in [4.78, 5) is 10.8. The Hall–Kier alpha value is -0.283. The lowest BCUT2D eigenvalue weighted by atomic mass is 10.7. The van der Waals surface area contributed by atoms with Crippen LogP contribution in [0.15, 0.2) is 11.6 Å². The number of hydrogen-bond acceptors (Lipinski definition) is 2. The second-order valence-corrected chi connectivity index (χ2v) is 9.41. The molecule has 0 aliphatic carbocycles. The van der Waals surface area contributed by atoms with E-state index in [1.54, 1.807) is 0 Å². The third kappa shape index (κ3) is 6.13. The fraction of sp³-hybridized carbons (Fsp3) is 0.571. The number of carbonyl (C=O) groups excluding carboxylic acids is 1. The molecule has 0 N–H and O–H groups in total. The summed E-state index contributed by atoms with van der Waals surface area (Å²) in [6, 6.07) is 0. The quantitative estimate of drug-likeness (QED) is 0.389. The molecule has 4 heteroatoms. The summed E-state index contributed by atoms with van der Waals surface area (Å²) in [6.45, 7) is 9.59. The lowest BCUT2D eigenvalue weighted by Crippen LogP contribution is -2.29. The Morgan fingerprint density at radius 3 is 2.27 bits per heavy atom. The second-order valence-electron chi connectivity index (χ2n) is 3.54. The van der Waals surface area contributed by atoms with Crippen LogP contribution in [0, 0.1) is 0 Å². The van der Waals surface area contributed by atoms with Crippen LogP contribution in [0.3, 0.4) is 0 Å². The molecular weight excluding hydrogens is 180 g/mol. The fourth-order valence-corrected chi connectivity index (χ4v) is 0.979. The van der Waals surface area contributed by atoms with Gasteiger partial charge in [0.05, 0.1) is 14.3 Å². The lowest BCUT2D eigenvalue weighted by molar-refractivity contribution is -0.136. The van der Waals surface area contributed by atoms with Gasteiger partial charge < -0.3 is 4.74 Å². The van der Waals surface area contributed by atoms with Crippen molar-refractivity contribution in [2.75, 3.05) is 6.23 Å². The Morgan fingerprint density at radius 1 is 1.55 bits per heavy atom. The zero-order chi connectivity index (χ0) is 9.07. The lowest BCUT2D eigenvalue weighted by Gasteiger charge is -2.14. The molecule has 0 unspecified atom stereocenters. The molecule has 0 radical (unpaired) electrons. The first-order valence-corrected chi connectivity index (χ1v) is 7.43. The summed E-state index contributed by atoms with van der Waals surface area (Å²) in [5, 5.41) is -0.0525. The maximum Gasteiger partial charge on any atom is 0.348 e. The third-order valence-electron chi connectivity index (χ3n) is 0.858. The molecule has 64 valence electrons. The highest BCUT2D eigenvalue weighted by Gasteiger charge is 2.16. The molecule has 0 aromatic rings. The molecule has 0 aromatic heterocycles. The van der Waals surface area contributed by atoms with Crippen LogP contribution in [-0.4, -0.2) is 20.3 Å². The summed E-state index contributed by atoms with van der Waals surface area (Å²) < 4.78 is 4.86. The van der Waals surface area contributed by atoms with Gasteiger partial charge in [-0.15, -0.1) is 0 Å². The average molecular weight is 193 g/mol. The van der Waals surface area contributed by atoms with Gasteiger partial charge in [0.2, 0.25) is 0 Å². The first-order chi connectivity index (χ1) is 4.83. The van der Waals surface area contributed by atoms with Crippen molar-refractivity contribution >= 4 is 25.6 Å². The molecule has 0 amide bonds. The molecule has 0 aromatic carbocycles. The van der Waals surface area contributed by atoms with Crippen LogP contribution >= 0.6 is 11.6 Å². The summed E-state index contributed by atoms with van der Waals surface area (Å²) in [5.41, 5.74) is 0. The van der Waals surface area contributed by atoms with Crippen LogP contribution < -0.4 is 0 Å². The first kappa shape index (κ1) is 10.7. The van der Waals surface area contributed by atoms with Crippen molar-refractivity contribution < 1.29 is 9.53 Å². The molecule has 0 heterocycles. The van der Waals surface area contributed by atoms with E-state index in [-0.39, 0.29) is 5.03 Å². The Morgan fingerprint density at radius 2 is 2.00 bits per heavy atom. The van der Waals surface area contributed by atoms with Gasteiger partial charge in [-0.3, -0.25) is 0 Å². The minimum atomic E-state index is -1.31. The van der Waals surface area contributed by atoms with Crippen molar-refractivity contribution in [2.24, 2.45) is 0 Å². The molecule has 0 saturated carbocycles. The molecule has 0 fully saturated rings. The van der Waals surface area contributed by atoms with Gasteiger partial charge in [0.15, 0.2) is 0 Å². The van der Waals surface area contributed by atoms with E-state index in [4.69, 9.17) is 16.3 Å². The molecule has 2 nitrogen and oxygen atoms in total. The third-order valence-corrected chi connectivity index (χ3v) is 2.02. The monoisotopic (exact) mass is 192 g/mol. The SMILES string of the molecule is C=C(Cl)C(=O)OC[Si](C)(C)C. The van der Waals surface area contributed by atoms with Gasteiger partial charge in [-0.1, -0.05) is 37.8 Å². The number of halogens is 1. The molecule has 0 atom stereocenters. The number of rotatable bonds is 3. The molecule has 0 aliphatic heterocycles. The number of carbonyl (C=O) groups is 1. The van der Waals surface area contributed by atoms with Crippen molar-refractivity contribution in [2.45, 2.75) is 19.6 Å². The molecule has 0 bridgehead atoms. The van der Waals surface area contributed by atoms with E-state index in [2.05, 4.69) is 26.2 Å². The number of hydrogen-bond donors (Lipinski definition) is 0. The summed E-state index contributed by atoms with van der Waals surface area (Å²) in [6.07, 6.45) is 0.498. The van der Waals surface area contributed by atoms with Crippen LogP contribution in [0.4, 0.5) is 0 Å². The normalized spacial score (nSPS) is 10.9. The van der Waals surface area contributed by atoms with E-state index in [0.717, 1.165) is 0 Å². The average Bonchev–Trinajstić information content (AvgIpc) is 1.80. The molecule has 0 saturated heterocycles. The van der Waals surface area contributed by atoms with Crippen molar-refractivity contribution in [3.05, 3.63) is 11.6 Å². The Balaban J connectivity index is 3.73. The van der Waals surface area contributed by atoms with Crippen molar-refractivity contribution in [3.63, 3.8) is 0 Å². The predicted octanol–water partition coefficient (Wildman–Crippen LogP) is 2.16. The van der Waals surface area contributed by atoms with E-state index >= 15 is 0 Å². The van der Waals surface area contributed by atoms with Crippen LogP contribution in [-0.2, 0) is 9.53 Å². The second kappa shape index (κ2) is 3.92. The smallest absolute Gasteiger partial charge is 0.348 e. The van der Waals surface area contributed by atoms with Gasteiger partial charge >= 0.3 is 5.97 Å². The fourth-order valence-electron chi connectivity index (χ4n) is 0.360. The minimum Gasteiger partial charge on any atom is -0.465 e. The van der Waals surface area contributed by atoms with E-state index in [0.29, 0.717) is 6.23 Å². The van der Waals surface area contributed by atoms with Crippen molar-refractivity contribution in [1.29, 1.82) is 0 Å². The zero-order valence-electron chi connectivity index (χ0n) is 7.11. The van der Waals surface area contributed by atoms with Crippen LogP contribution in [0.5, 0.6) is 0 Å². The van der Waals surface area contributed by atoms with E-state index < -0.39 is 14.0 Å². The van der Waals surface area contributed by atoms with Gasteiger partial charge in [-0.2, -0.15) is 0 Å². The van der Waals surface area contributed by atoms with Gasteiger partial charge in [-0.25, -0.2) is 4.79 Å². The molecule has 11 heavy (non-hydrogen) atoms. The first-order valence-electron chi connectivity index (χ1n) is 3.34. The standard InChI is InChI=1S/C7H13ClO2Si/c1-6(8)7(9)10-5-11(2,3)4/h1,5H2,2-4H3. The van der Waals surface area contributed by atoms with E-state index in [1.807, 2.05) is 0 Å². The molecule has 0 aliphatic rings. The highest BCUT2D eigenvalue weighted by molar-refractivity contribution is 6.76. The van der Waals surface area contributed by atoms with Gasteiger partial charge in [0.1, 0.15) is 5.03 Å². The van der Waals surface area contributed by atoms with Crippen molar-refractivity contribution in [3.8, 4) is 0 Å². The summed E-state index contributed by atoms with van der Waals surface area (Å²) in [5.74, 6) is -0.505. The Kier molecular flexibility index (Phi) is 3.82. The van der Waals surface area contributed by atoms with E-state index in [9.17, 15) is 4.79 Å². The predicted molar refractivity (Wildman–Crippen MR) is 49.3 cm³/mol. The maximum atomic E-state index is 10.8. The molecule has 0 spiro atoms. The minimum absolute atomic E-state index is 0.0525. The maximum absolute atomic E-state index is 10.8. The highest BCUT2D eigenvalue weighted by atomic mass is 35.5.